The Kier molecular flexibility index (Phi) is 6.82. The molecule has 4 aromatic rings. The van der Waals surface area contributed by atoms with Crippen molar-refractivity contribution in [2.45, 2.75) is 6.54 Å². The number of amides is 1. The molecule has 1 aromatic heterocycles. The Morgan fingerprint density at radius 3 is 2.31 bits per heavy atom. The van der Waals surface area contributed by atoms with Crippen molar-refractivity contribution < 1.29 is 14.7 Å². The van der Waals surface area contributed by atoms with Gasteiger partial charge in [0.15, 0.2) is 0 Å². The molecule has 2 N–H and O–H groups in total. The lowest BCUT2D eigenvalue weighted by Gasteiger charge is -2.26. The molecule has 0 spiro atoms. The Morgan fingerprint density at radius 1 is 0.943 bits per heavy atom. The maximum atomic E-state index is 12.2. The number of rotatable bonds is 4. The highest BCUT2D eigenvalue weighted by atomic mass is 16.5. The first-order valence-electron chi connectivity index (χ1n) is 11.5. The molecule has 1 fully saturated rings. The highest BCUT2D eigenvalue weighted by molar-refractivity contribution is 6.08. The van der Waals surface area contributed by atoms with E-state index in [-0.39, 0.29) is 0 Å². The number of nitrogens with one attached hydrogen (secondary N) is 1. The van der Waals surface area contributed by atoms with Gasteiger partial charge in [0.1, 0.15) is 0 Å². The Balaban J connectivity index is 1.32. The number of hydrogen-bond donors (Lipinski definition) is 2. The summed E-state index contributed by atoms with van der Waals surface area (Å²) in [5.41, 5.74) is 7.08. The summed E-state index contributed by atoms with van der Waals surface area (Å²) in [5.74, 6) is 5.90. The second-order valence-electron chi connectivity index (χ2n) is 8.47. The van der Waals surface area contributed by atoms with Gasteiger partial charge in [-0.25, -0.2) is 5.48 Å². The van der Waals surface area contributed by atoms with Crippen LogP contribution in [0.15, 0.2) is 79.1 Å². The number of fused-ring (bicyclic) bond motifs is 1. The summed E-state index contributed by atoms with van der Waals surface area (Å²) in [6.07, 6.45) is 3.30. The molecule has 2 heterocycles. The molecule has 35 heavy (non-hydrogen) atoms. The van der Waals surface area contributed by atoms with Gasteiger partial charge in [0, 0.05) is 48.5 Å². The van der Waals surface area contributed by atoms with E-state index in [4.69, 9.17) is 9.94 Å². The van der Waals surface area contributed by atoms with Crippen LogP contribution < -0.4 is 5.48 Å². The maximum absolute atomic E-state index is 12.2. The van der Waals surface area contributed by atoms with Crippen molar-refractivity contribution in [3.8, 4) is 23.0 Å². The van der Waals surface area contributed by atoms with Gasteiger partial charge in [-0.1, -0.05) is 36.1 Å². The van der Waals surface area contributed by atoms with Crippen molar-refractivity contribution in [3.63, 3.8) is 0 Å². The van der Waals surface area contributed by atoms with E-state index in [9.17, 15) is 4.79 Å². The average molecular weight is 464 g/mol. The SMILES string of the molecule is O=C(NO)c1cc(-c2ccc(C#Cc3ccc(CN4CCOCC4)cc3)cc2)cc2ccncc12. The molecule has 3 aromatic carbocycles. The average Bonchev–Trinajstić information content (AvgIpc) is 2.92. The molecule has 6 nitrogen and oxygen atoms in total. The molecule has 5 rings (SSSR count). The predicted molar refractivity (Wildman–Crippen MR) is 135 cm³/mol. The largest absolute Gasteiger partial charge is 0.379 e. The molecule has 0 aliphatic carbocycles. The summed E-state index contributed by atoms with van der Waals surface area (Å²) in [5, 5.41) is 10.7. The molecule has 1 aliphatic heterocycles. The first-order valence-corrected chi connectivity index (χ1v) is 11.5. The highest BCUT2D eigenvalue weighted by Gasteiger charge is 2.13. The van der Waals surface area contributed by atoms with E-state index in [2.05, 4.69) is 46.0 Å². The lowest BCUT2D eigenvalue weighted by atomic mass is 9.97. The molecule has 6 heteroatoms. The minimum atomic E-state index is -0.566. The number of carbonyl (C=O) groups is 1. The molecule has 1 saturated heterocycles. The van der Waals surface area contributed by atoms with E-state index in [0.29, 0.717) is 10.9 Å². The van der Waals surface area contributed by atoms with Crippen LogP contribution in [0.1, 0.15) is 27.0 Å². The summed E-state index contributed by atoms with van der Waals surface area (Å²) in [6, 6.07) is 21.9. The van der Waals surface area contributed by atoms with E-state index >= 15 is 0 Å². The summed E-state index contributed by atoms with van der Waals surface area (Å²) in [7, 11) is 0. The Bertz CT molecular complexity index is 1400. The molecule has 0 radical (unpaired) electrons. The van der Waals surface area contributed by atoms with Gasteiger partial charge in [0.2, 0.25) is 0 Å². The van der Waals surface area contributed by atoms with Crippen LogP contribution in [0, 0.1) is 11.8 Å². The first-order chi connectivity index (χ1) is 17.2. The third-order valence-electron chi connectivity index (χ3n) is 6.14. The molecule has 1 aliphatic rings. The van der Waals surface area contributed by atoms with Crippen LogP contribution in [-0.4, -0.2) is 47.3 Å². The van der Waals surface area contributed by atoms with Crippen LogP contribution in [0.2, 0.25) is 0 Å². The highest BCUT2D eigenvalue weighted by Crippen LogP contribution is 2.27. The number of carbonyl (C=O) groups excluding carboxylic acids is 1. The smallest absolute Gasteiger partial charge is 0.275 e. The molecule has 0 saturated carbocycles. The van der Waals surface area contributed by atoms with Crippen molar-refractivity contribution in [2.75, 3.05) is 26.3 Å². The van der Waals surface area contributed by atoms with Crippen LogP contribution in [-0.2, 0) is 11.3 Å². The van der Waals surface area contributed by atoms with Crippen molar-refractivity contribution in [2.24, 2.45) is 0 Å². The van der Waals surface area contributed by atoms with Crippen molar-refractivity contribution in [1.82, 2.24) is 15.4 Å². The van der Waals surface area contributed by atoms with Gasteiger partial charge in [0.25, 0.3) is 5.91 Å². The number of morpholine rings is 1. The third kappa shape index (κ3) is 5.39. The van der Waals surface area contributed by atoms with Crippen molar-refractivity contribution in [1.29, 1.82) is 0 Å². The van der Waals surface area contributed by atoms with Gasteiger partial charge in [-0.3, -0.25) is 19.9 Å². The summed E-state index contributed by atoms with van der Waals surface area (Å²) in [4.78, 5) is 18.7. The molecule has 0 unspecified atom stereocenters. The van der Waals surface area contributed by atoms with E-state index in [1.807, 2.05) is 36.4 Å². The molecular formula is C29H25N3O3. The second-order valence-corrected chi connectivity index (χ2v) is 8.47. The van der Waals surface area contributed by atoms with Gasteiger partial charge in [-0.15, -0.1) is 0 Å². The first kappa shape index (κ1) is 22.8. The normalized spacial score (nSPS) is 13.7. The second kappa shape index (κ2) is 10.5. The van der Waals surface area contributed by atoms with Gasteiger partial charge in [-0.05, 0) is 64.5 Å². The van der Waals surface area contributed by atoms with Crippen molar-refractivity contribution in [3.05, 3.63) is 101 Å². The zero-order valence-corrected chi connectivity index (χ0v) is 19.2. The summed E-state index contributed by atoms with van der Waals surface area (Å²) < 4.78 is 5.41. The Morgan fingerprint density at radius 2 is 1.63 bits per heavy atom. The number of hydroxylamine groups is 1. The molecule has 0 atom stereocenters. The molecular weight excluding hydrogens is 438 g/mol. The topological polar surface area (TPSA) is 74.7 Å². The molecule has 1 amide bonds. The molecule has 174 valence electrons. The standard InChI is InChI=1S/C29H25N3O3/c33-29(31-34)27-18-26(17-25-11-12-30-19-28(25)27)24-9-7-22(8-10-24)2-1-21-3-5-23(6-4-21)20-32-13-15-35-16-14-32/h3-12,17-19,34H,13-16,20H2,(H,31,33). The summed E-state index contributed by atoms with van der Waals surface area (Å²) >= 11 is 0. The number of aromatic nitrogens is 1. The monoisotopic (exact) mass is 463 g/mol. The Labute approximate surface area is 204 Å². The lowest BCUT2D eigenvalue weighted by Crippen LogP contribution is -2.35. The lowest BCUT2D eigenvalue weighted by molar-refractivity contribution is 0.0342. The summed E-state index contributed by atoms with van der Waals surface area (Å²) in [6.45, 7) is 4.50. The third-order valence-corrected chi connectivity index (χ3v) is 6.14. The quantitative estimate of drug-likeness (QED) is 0.269. The maximum Gasteiger partial charge on any atom is 0.275 e. The van der Waals surface area contributed by atoms with E-state index in [1.165, 1.54) is 5.56 Å². The fourth-order valence-corrected chi connectivity index (χ4v) is 4.21. The minimum absolute atomic E-state index is 0.369. The van der Waals surface area contributed by atoms with Gasteiger partial charge in [0.05, 0.1) is 18.8 Å². The van der Waals surface area contributed by atoms with Gasteiger partial charge >= 0.3 is 0 Å². The van der Waals surface area contributed by atoms with E-state index < -0.39 is 5.91 Å². The van der Waals surface area contributed by atoms with E-state index in [1.54, 1.807) is 23.9 Å². The zero-order valence-electron chi connectivity index (χ0n) is 19.2. The zero-order chi connectivity index (χ0) is 24.0. The number of ether oxygens (including phenoxy) is 1. The van der Waals surface area contributed by atoms with Gasteiger partial charge < -0.3 is 4.74 Å². The molecule has 0 bridgehead atoms. The fraction of sp³-hybridized carbons (Fsp3) is 0.172. The fourth-order valence-electron chi connectivity index (χ4n) is 4.21. The van der Waals surface area contributed by atoms with Crippen LogP contribution >= 0.6 is 0 Å². The van der Waals surface area contributed by atoms with Crippen LogP contribution in [0.5, 0.6) is 0 Å². The van der Waals surface area contributed by atoms with Crippen LogP contribution in [0.25, 0.3) is 21.9 Å². The Hall–Kier alpha value is -4.02. The predicted octanol–water partition coefficient (Wildman–Crippen LogP) is 4.25. The van der Waals surface area contributed by atoms with Gasteiger partial charge in [-0.2, -0.15) is 0 Å². The van der Waals surface area contributed by atoms with Crippen LogP contribution in [0.3, 0.4) is 0 Å². The number of benzene rings is 3. The van der Waals surface area contributed by atoms with Crippen LogP contribution in [0.4, 0.5) is 0 Å². The number of pyridine rings is 1. The van der Waals surface area contributed by atoms with Crippen molar-refractivity contribution >= 4 is 16.7 Å². The number of hydrogen-bond acceptors (Lipinski definition) is 5. The number of nitrogens with zero attached hydrogens (tertiary/aromatic N) is 2. The van der Waals surface area contributed by atoms with E-state index in [0.717, 1.165) is 60.5 Å². The minimum Gasteiger partial charge on any atom is -0.379 e.